The summed E-state index contributed by atoms with van der Waals surface area (Å²) in [6.45, 7) is 0.752. The van der Waals surface area contributed by atoms with E-state index in [1.165, 1.54) is 0 Å². The zero-order valence-corrected chi connectivity index (χ0v) is 12.2. The number of hydrogen-bond donors (Lipinski definition) is 1. The number of nitrogens with one attached hydrogen (secondary N) is 1. The van der Waals surface area contributed by atoms with Crippen molar-refractivity contribution in [3.8, 4) is 0 Å². The second-order valence-electron chi connectivity index (χ2n) is 3.51. The van der Waals surface area contributed by atoms with Crippen LogP contribution in [-0.4, -0.2) is 17.8 Å². The van der Waals surface area contributed by atoms with Crippen LogP contribution >= 0.6 is 31.9 Å². The van der Waals surface area contributed by atoms with Crippen molar-refractivity contribution in [2.75, 3.05) is 11.9 Å². The van der Waals surface area contributed by atoms with Crippen LogP contribution in [0.1, 0.15) is 29.6 Å². The maximum atomic E-state index is 11.7. The van der Waals surface area contributed by atoms with Crippen LogP contribution in [0, 0.1) is 0 Å². The number of carbonyl (C=O) groups is 1. The Labute approximate surface area is 113 Å². The molecule has 0 radical (unpaired) electrons. The molecule has 88 valence electrons. The summed E-state index contributed by atoms with van der Waals surface area (Å²) in [5.74, 6) is 0.00587. The van der Waals surface area contributed by atoms with Crippen molar-refractivity contribution in [2.24, 2.45) is 0 Å². The molecule has 1 N–H and O–H groups in total. The number of unbranched alkanes of at least 4 members (excludes halogenated alkanes) is 2. The van der Waals surface area contributed by atoms with Crippen LogP contribution in [0.15, 0.2) is 28.7 Å². The molecule has 0 aliphatic carbocycles. The second kappa shape index (κ2) is 7.85. The van der Waals surface area contributed by atoms with Crippen LogP contribution < -0.4 is 5.32 Å². The van der Waals surface area contributed by atoms with E-state index in [-0.39, 0.29) is 5.91 Å². The lowest BCUT2D eigenvalue weighted by Gasteiger charge is -2.04. The van der Waals surface area contributed by atoms with E-state index in [2.05, 4.69) is 37.2 Å². The van der Waals surface area contributed by atoms with E-state index in [0.29, 0.717) is 5.56 Å². The number of halogens is 2. The highest BCUT2D eigenvalue weighted by atomic mass is 79.9. The Morgan fingerprint density at radius 2 is 1.81 bits per heavy atom. The molecule has 0 aliphatic rings. The molecule has 0 unspecified atom stereocenters. The molecule has 16 heavy (non-hydrogen) atoms. The molecular weight excluding hydrogens is 334 g/mol. The van der Waals surface area contributed by atoms with Gasteiger partial charge in [-0.05, 0) is 37.1 Å². The Balaban J connectivity index is 2.27. The smallest absolute Gasteiger partial charge is 0.251 e. The number of rotatable bonds is 6. The molecule has 0 saturated carbocycles. The van der Waals surface area contributed by atoms with Crippen molar-refractivity contribution in [1.29, 1.82) is 0 Å². The summed E-state index contributed by atoms with van der Waals surface area (Å²) >= 11 is 6.72. The zero-order valence-electron chi connectivity index (χ0n) is 9.01. The highest BCUT2D eigenvalue weighted by Crippen LogP contribution is 2.10. The number of carbonyl (C=O) groups excluding carboxylic acids is 1. The van der Waals surface area contributed by atoms with Gasteiger partial charge < -0.3 is 5.32 Å². The molecule has 0 aromatic heterocycles. The monoisotopic (exact) mass is 347 g/mol. The van der Waals surface area contributed by atoms with Crippen molar-refractivity contribution in [3.05, 3.63) is 34.3 Å². The molecule has 0 spiro atoms. The summed E-state index contributed by atoms with van der Waals surface area (Å²) in [5, 5.41) is 3.94. The minimum atomic E-state index is 0.00587. The Kier molecular flexibility index (Phi) is 6.73. The molecule has 0 saturated heterocycles. The molecule has 0 aliphatic heterocycles. The SMILES string of the molecule is O=C(NCCCCCBr)c1ccc(Br)cc1. The van der Waals surface area contributed by atoms with Crippen LogP contribution in [0.4, 0.5) is 0 Å². The molecule has 1 rings (SSSR count). The molecule has 4 heteroatoms. The molecule has 1 aromatic carbocycles. The lowest BCUT2D eigenvalue weighted by atomic mass is 10.2. The van der Waals surface area contributed by atoms with E-state index in [1.807, 2.05) is 24.3 Å². The quantitative estimate of drug-likeness (QED) is 0.615. The van der Waals surface area contributed by atoms with Crippen molar-refractivity contribution in [2.45, 2.75) is 19.3 Å². The van der Waals surface area contributed by atoms with Gasteiger partial charge >= 0.3 is 0 Å². The van der Waals surface area contributed by atoms with Gasteiger partial charge in [0.25, 0.3) is 5.91 Å². The lowest BCUT2D eigenvalue weighted by molar-refractivity contribution is 0.0953. The Morgan fingerprint density at radius 3 is 2.44 bits per heavy atom. The minimum Gasteiger partial charge on any atom is -0.352 e. The van der Waals surface area contributed by atoms with Crippen molar-refractivity contribution in [1.82, 2.24) is 5.32 Å². The Bertz CT molecular complexity index is 324. The summed E-state index contributed by atoms with van der Waals surface area (Å²) in [4.78, 5) is 11.7. The van der Waals surface area contributed by atoms with Crippen molar-refractivity contribution < 1.29 is 4.79 Å². The highest BCUT2D eigenvalue weighted by molar-refractivity contribution is 9.10. The second-order valence-corrected chi connectivity index (χ2v) is 5.22. The van der Waals surface area contributed by atoms with Gasteiger partial charge in [0.05, 0.1) is 0 Å². The maximum Gasteiger partial charge on any atom is 0.251 e. The number of benzene rings is 1. The summed E-state index contributed by atoms with van der Waals surface area (Å²) < 4.78 is 0.987. The molecule has 1 aromatic rings. The van der Waals surface area contributed by atoms with Gasteiger partial charge in [0.1, 0.15) is 0 Å². The van der Waals surface area contributed by atoms with E-state index in [1.54, 1.807) is 0 Å². The first-order valence-electron chi connectivity index (χ1n) is 5.34. The topological polar surface area (TPSA) is 29.1 Å². The molecule has 0 bridgehead atoms. The third kappa shape index (κ3) is 5.12. The fourth-order valence-electron chi connectivity index (χ4n) is 1.30. The molecule has 2 nitrogen and oxygen atoms in total. The molecule has 0 atom stereocenters. The van der Waals surface area contributed by atoms with Gasteiger partial charge in [-0.25, -0.2) is 0 Å². The average molecular weight is 349 g/mol. The standard InChI is InChI=1S/C12H15Br2NO/c13-8-2-1-3-9-15-12(16)10-4-6-11(14)7-5-10/h4-7H,1-3,8-9H2,(H,15,16). The fraction of sp³-hybridized carbons (Fsp3) is 0.417. The van der Waals surface area contributed by atoms with Gasteiger partial charge in [0, 0.05) is 21.9 Å². The predicted octanol–water partition coefficient (Wildman–Crippen LogP) is 3.74. The normalized spacial score (nSPS) is 10.1. The first kappa shape index (κ1) is 13.7. The van der Waals surface area contributed by atoms with Crippen LogP contribution in [0.3, 0.4) is 0 Å². The summed E-state index contributed by atoms with van der Waals surface area (Å²) in [6.07, 6.45) is 3.34. The van der Waals surface area contributed by atoms with E-state index < -0.39 is 0 Å². The zero-order chi connectivity index (χ0) is 11.8. The Morgan fingerprint density at radius 1 is 1.12 bits per heavy atom. The van der Waals surface area contributed by atoms with Crippen LogP contribution in [0.5, 0.6) is 0 Å². The van der Waals surface area contributed by atoms with Gasteiger partial charge in [0.2, 0.25) is 0 Å². The van der Waals surface area contributed by atoms with Crippen molar-refractivity contribution >= 4 is 37.8 Å². The number of hydrogen-bond acceptors (Lipinski definition) is 1. The first-order chi connectivity index (χ1) is 7.74. The van der Waals surface area contributed by atoms with Gasteiger partial charge in [-0.15, -0.1) is 0 Å². The molecule has 0 heterocycles. The predicted molar refractivity (Wildman–Crippen MR) is 74.1 cm³/mol. The van der Waals surface area contributed by atoms with Gasteiger partial charge in [-0.1, -0.05) is 38.3 Å². The van der Waals surface area contributed by atoms with Gasteiger partial charge in [-0.3, -0.25) is 4.79 Å². The first-order valence-corrected chi connectivity index (χ1v) is 7.25. The van der Waals surface area contributed by atoms with Gasteiger partial charge in [-0.2, -0.15) is 0 Å². The molecule has 0 fully saturated rings. The third-order valence-corrected chi connectivity index (χ3v) is 3.29. The minimum absolute atomic E-state index is 0.00587. The van der Waals surface area contributed by atoms with Crippen molar-refractivity contribution in [3.63, 3.8) is 0 Å². The summed E-state index contributed by atoms with van der Waals surface area (Å²) in [6, 6.07) is 7.38. The number of alkyl halides is 1. The summed E-state index contributed by atoms with van der Waals surface area (Å²) in [7, 11) is 0. The van der Waals surface area contributed by atoms with E-state index in [4.69, 9.17) is 0 Å². The van der Waals surface area contributed by atoms with Gasteiger partial charge in [0.15, 0.2) is 0 Å². The lowest BCUT2D eigenvalue weighted by Crippen LogP contribution is -2.24. The highest BCUT2D eigenvalue weighted by Gasteiger charge is 2.03. The van der Waals surface area contributed by atoms with E-state index in [0.717, 1.165) is 35.6 Å². The van der Waals surface area contributed by atoms with E-state index in [9.17, 15) is 4.79 Å². The largest absolute Gasteiger partial charge is 0.352 e. The number of amides is 1. The van der Waals surface area contributed by atoms with E-state index >= 15 is 0 Å². The average Bonchev–Trinajstić information content (AvgIpc) is 2.29. The van der Waals surface area contributed by atoms with Crippen LogP contribution in [0.2, 0.25) is 0 Å². The summed E-state index contributed by atoms with van der Waals surface area (Å²) in [5.41, 5.74) is 0.712. The Hall–Kier alpha value is -0.350. The molecule has 1 amide bonds. The van der Waals surface area contributed by atoms with Crippen LogP contribution in [0.25, 0.3) is 0 Å². The van der Waals surface area contributed by atoms with Crippen LogP contribution in [-0.2, 0) is 0 Å². The third-order valence-electron chi connectivity index (χ3n) is 2.20. The molecular formula is C12H15Br2NO. The fourth-order valence-corrected chi connectivity index (χ4v) is 1.96. The maximum absolute atomic E-state index is 11.7.